The maximum Gasteiger partial charge on any atom is 0.0629 e. The van der Waals surface area contributed by atoms with Crippen LogP contribution in [0.1, 0.15) is 11.1 Å². The molecule has 0 N–H and O–H groups in total. The zero-order chi connectivity index (χ0) is 36.3. The smallest absolute Gasteiger partial charge is 0.0629 e. The van der Waals surface area contributed by atoms with Crippen LogP contribution >= 0.6 is 0 Å². The maximum atomic E-state index is 4.95. The van der Waals surface area contributed by atoms with E-state index in [0.29, 0.717) is 0 Å². The molecular weight excluding hydrogens is 653 g/mol. The SMILES string of the molecule is CN(/C(=C(\C=Nc1ccccc1)c1ccccc1)c1ccccc1)c1ccc(-c2c3ccccc3c(-c3ccc4ccccc4c3)c3ccccc23)cc1. The topological polar surface area (TPSA) is 15.6 Å². The third-order valence-electron chi connectivity index (χ3n) is 10.3. The number of hydrogen-bond acceptors (Lipinski definition) is 2. The van der Waals surface area contributed by atoms with Crippen molar-refractivity contribution in [1.29, 1.82) is 0 Å². The molecule has 0 heterocycles. The van der Waals surface area contributed by atoms with Gasteiger partial charge >= 0.3 is 0 Å². The molecule has 54 heavy (non-hydrogen) atoms. The largest absolute Gasteiger partial charge is 0.344 e. The maximum absolute atomic E-state index is 4.95. The number of nitrogens with zero attached hydrogens (tertiary/aromatic N) is 2. The summed E-state index contributed by atoms with van der Waals surface area (Å²) in [6.07, 6.45) is 2.01. The van der Waals surface area contributed by atoms with Crippen molar-refractivity contribution < 1.29 is 0 Å². The minimum Gasteiger partial charge on any atom is -0.344 e. The first-order valence-electron chi connectivity index (χ1n) is 18.4. The standard InChI is InChI=1S/C52H38N2/c1-54(52(40-20-7-3-8-21-40)49(38-18-5-2-6-19-38)36-53-43-23-9-4-10-24-43)44-33-31-39(32-34-44)50-45-25-13-15-27-47(45)51(48-28-16-14-26-46(48)50)42-30-29-37-17-11-12-22-41(37)35-42/h2-36H,1H3/b52-49+,53-36?. The molecule has 0 unspecified atom stereocenters. The summed E-state index contributed by atoms with van der Waals surface area (Å²) in [5.41, 5.74) is 11.3. The fourth-order valence-corrected chi connectivity index (χ4v) is 7.75. The number of benzene rings is 9. The number of aliphatic imine (C=N–C) groups is 1. The van der Waals surface area contributed by atoms with Crippen molar-refractivity contribution in [3.8, 4) is 22.3 Å². The molecule has 0 fully saturated rings. The molecule has 256 valence electrons. The van der Waals surface area contributed by atoms with Gasteiger partial charge in [-0.15, -0.1) is 0 Å². The summed E-state index contributed by atoms with van der Waals surface area (Å²) in [4.78, 5) is 7.24. The number of hydrogen-bond donors (Lipinski definition) is 0. The summed E-state index contributed by atoms with van der Waals surface area (Å²) >= 11 is 0. The van der Waals surface area contributed by atoms with Gasteiger partial charge in [0.15, 0.2) is 0 Å². The molecule has 0 spiro atoms. The highest BCUT2D eigenvalue weighted by molar-refractivity contribution is 6.23. The van der Waals surface area contributed by atoms with Crippen molar-refractivity contribution in [1.82, 2.24) is 0 Å². The third-order valence-corrected chi connectivity index (χ3v) is 10.3. The van der Waals surface area contributed by atoms with E-state index in [4.69, 9.17) is 4.99 Å². The third kappa shape index (κ3) is 6.25. The number of anilines is 1. The summed E-state index contributed by atoms with van der Waals surface area (Å²) in [7, 11) is 2.15. The van der Waals surface area contributed by atoms with Crippen molar-refractivity contribution >= 4 is 61.2 Å². The number of rotatable bonds is 8. The first kappa shape index (κ1) is 32.8. The lowest BCUT2D eigenvalue weighted by molar-refractivity contribution is 1.22. The Hall–Kier alpha value is -7.03. The van der Waals surface area contributed by atoms with Gasteiger partial charge in [0.05, 0.1) is 11.4 Å². The second-order valence-corrected chi connectivity index (χ2v) is 13.6. The van der Waals surface area contributed by atoms with Crippen molar-refractivity contribution in [2.75, 3.05) is 11.9 Å². The molecule has 2 nitrogen and oxygen atoms in total. The average molecular weight is 691 g/mol. The average Bonchev–Trinajstić information content (AvgIpc) is 3.25. The van der Waals surface area contributed by atoms with Gasteiger partial charge in [0.2, 0.25) is 0 Å². The lowest BCUT2D eigenvalue weighted by Crippen LogP contribution is -2.17. The van der Waals surface area contributed by atoms with Crippen LogP contribution < -0.4 is 4.90 Å². The normalized spacial score (nSPS) is 12.0. The Morgan fingerprint density at radius 3 is 1.48 bits per heavy atom. The Morgan fingerprint density at radius 2 is 0.889 bits per heavy atom. The lowest BCUT2D eigenvalue weighted by atomic mass is 9.85. The highest BCUT2D eigenvalue weighted by atomic mass is 15.1. The molecule has 0 saturated carbocycles. The van der Waals surface area contributed by atoms with E-state index >= 15 is 0 Å². The monoisotopic (exact) mass is 690 g/mol. The molecule has 0 aliphatic rings. The molecule has 9 rings (SSSR count). The Bertz CT molecular complexity index is 2740. The van der Waals surface area contributed by atoms with Crippen LogP contribution in [0, 0.1) is 0 Å². The molecule has 0 amide bonds. The van der Waals surface area contributed by atoms with E-state index in [0.717, 1.165) is 33.8 Å². The van der Waals surface area contributed by atoms with Gasteiger partial charge in [-0.25, -0.2) is 0 Å². The fourth-order valence-electron chi connectivity index (χ4n) is 7.75. The highest BCUT2D eigenvalue weighted by Crippen LogP contribution is 2.44. The zero-order valence-corrected chi connectivity index (χ0v) is 30.1. The summed E-state index contributed by atoms with van der Waals surface area (Å²) in [6, 6.07) is 73.5. The second kappa shape index (κ2) is 14.5. The number of allylic oxidation sites excluding steroid dienone is 1. The number of fused-ring (bicyclic) bond motifs is 3. The predicted octanol–water partition coefficient (Wildman–Crippen LogP) is 13.9. The van der Waals surface area contributed by atoms with E-state index in [1.54, 1.807) is 0 Å². The minimum absolute atomic E-state index is 0.913. The Labute approximate surface area is 316 Å². The Morgan fingerprint density at radius 1 is 0.426 bits per heavy atom. The highest BCUT2D eigenvalue weighted by Gasteiger charge is 2.19. The number of para-hydroxylation sites is 1. The molecule has 0 radical (unpaired) electrons. The van der Waals surface area contributed by atoms with Gasteiger partial charge in [0, 0.05) is 24.5 Å². The van der Waals surface area contributed by atoms with Gasteiger partial charge in [-0.2, -0.15) is 0 Å². The summed E-state index contributed by atoms with van der Waals surface area (Å²) in [5.74, 6) is 0. The molecule has 0 aromatic heterocycles. The molecule has 2 heteroatoms. The lowest BCUT2D eigenvalue weighted by Gasteiger charge is -2.26. The van der Waals surface area contributed by atoms with E-state index in [2.05, 4.69) is 188 Å². The molecule has 0 aliphatic heterocycles. The van der Waals surface area contributed by atoms with E-state index in [1.165, 1.54) is 54.6 Å². The molecule has 9 aromatic carbocycles. The molecule has 9 aromatic rings. The molecule has 0 saturated heterocycles. The van der Waals surface area contributed by atoms with Gasteiger partial charge in [0.1, 0.15) is 0 Å². The molecule has 0 aliphatic carbocycles. The molecule has 0 atom stereocenters. The van der Waals surface area contributed by atoms with Crippen molar-refractivity contribution in [3.05, 3.63) is 217 Å². The van der Waals surface area contributed by atoms with Crippen LogP contribution in [-0.4, -0.2) is 13.3 Å². The van der Waals surface area contributed by atoms with Crippen LogP contribution in [0.25, 0.3) is 65.8 Å². The van der Waals surface area contributed by atoms with Gasteiger partial charge < -0.3 is 4.90 Å². The van der Waals surface area contributed by atoms with Crippen LogP contribution in [-0.2, 0) is 0 Å². The predicted molar refractivity (Wildman–Crippen MR) is 233 cm³/mol. The van der Waals surface area contributed by atoms with Crippen LogP contribution in [0.5, 0.6) is 0 Å². The van der Waals surface area contributed by atoms with Crippen molar-refractivity contribution in [2.24, 2.45) is 4.99 Å². The van der Waals surface area contributed by atoms with Crippen LogP contribution in [0.2, 0.25) is 0 Å². The zero-order valence-electron chi connectivity index (χ0n) is 30.1. The van der Waals surface area contributed by atoms with E-state index < -0.39 is 0 Å². The van der Waals surface area contributed by atoms with Gasteiger partial charge in [-0.05, 0) is 96.0 Å². The minimum atomic E-state index is 0.913. The van der Waals surface area contributed by atoms with Gasteiger partial charge in [0.25, 0.3) is 0 Å². The van der Waals surface area contributed by atoms with E-state index in [1.807, 2.05) is 36.5 Å². The Kier molecular flexibility index (Phi) is 8.84. The van der Waals surface area contributed by atoms with E-state index in [9.17, 15) is 0 Å². The van der Waals surface area contributed by atoms with Gasteiger partial charge in [-0.1, -0.05) is 176 Å². The summed E-state index contributed by atoms with van der Waals surface area (Å²) in [5, 5.41) is 7.49. The molecule has 0 bridgehead atoms. The summed E-state index contributed by atoms with van der Waals surface area (Å²) in [6.45, 7) is 0. The van der Waals surface area contributed by atoms with Crippen LogP contribution in [0.3, 0.4) is 0 Å². The fraction of sp³-hybridized carbons (Fsp3) is 0.0192. The van der Waals surface area contributed by atoms with Gasteiger partial charge in [-0.3, -0.25) is 4.99 Å². The van der Waals surface area contributed by atoms with Crippen LogP contribution in [0.4, 0.5) is 11.4 Å². The van der Waals surface area contributed by atoms with Crippen LogP contribution in [0.15, 0.2) is 211 Å². The van der Waals surface area contributed by atoms with Crippen molar-refractivity contribution in [3.63, 3.8) is 0 Å². The van der Waals surface area contributed by atoms with E-state index in [-0.39, 0.29) is 0 Å². The first-order valence-corrected chi connectivity index (χ1v) is 18.4. The Balaban J connectivity index is 1.19. The summed E-state index contributed by atoms with van der Waals surface area (Å²) < 4.78 is 0. The molecular formula is C52H38N2. The van der Waals surface area contributed by atoms with Crippen molar-refractivity contribution in [2.45, 2.75) is 0 Å². The quantitative estimate of drug-likeness (QED) is 0.0880. The second-order valence-electron chi connectivity index (χ2n) is 13.6. The first-order chi connectivity index (χ1) is 26.7.